The minimum absolute atomic E-state index is 0.195. The maximum Gasteiger partial charge on any atom is 0.241 e. The number of benzene rings is 1. The molecule has 1 aromatic heterocycles. The molecule has 0 spiro atoms. The van der Waals surface area contributed by atoms with E-state index in [4.69, 9.17) is 0 Å². The molecule has 1 aromatic carbocycles. The number of aryl methyl sites for hydroxylation is 1. The lowest BCUT2D eigenvalue weighted by atomic mass is 10.2. The van der Waals surface area contributed by atoms with Crippen LogP contribution in [0.5, 0.6) is 0 Å². The summed E-state index contributed by atoms with van der Waals surface area (Å²) >= 11 is 4.87. The molecule has 2 aromatic rings. The van der Waals surface area contributed by atoms with Crippen LogP contribution in [0.2, 0.25) is 0 Å². The van der Waals surface area contributed by atoms with Gasteiger partial charge >= 0.3 is 0 Å². The van der Waals surface area contributed by atoms with Crippen LogP contribution in [0.1, 0.15) is 17.4 Å². The van der Waals surface area contributed by atoms with Crippen molar-refractivity contribution in [2.24, 2.45) is 0 Å². The quantitative estimate of drug-likeness (QED) is 0.827. The molecule has 1 unspecified atom stereocenters. The van der Waals surface area contributed by atoms with Gasteiger partial charge in [0, 0.05) is 15.9 Å². The topological polar surface area (TPSA) is 32.3 Å². The van der Waals surface area contributed by atoms with Crippen molar-refractivity contribution in [3.63, 3.8) is 0 Å². The van der Waals surface area contributed by atoms with Gasteiger partial charge in [0.15, 0.2) is 0 Å². The number of nitrogens with zero attached hydrogens (tertiary/aromatic N) is 1. The number of hydrogen-bond donors (Lipinski definition) is 1. The third-order valence-corrected chi connectivity index (χ3v) is 5.09. The van der Waals surface area contributed by atoms with Gasteiger partial charge in [0.2, 0.25) is 5.91 Å². The van der Waals surface area contributed by atoms with Crippen molar-refractivity contribution in [1.29, 1.82) is 0 Å². The number of hydrogen-bond acceptors (Lipinski definition) is 3. The Balaban J connectivity index is 2.00. The van der Waals surface area contributed by atoms with Crippen LogP contribution < -0.4 is 5.32 Å². The normalized spacial score (nSPS) is 12.5. The number of rotatable bonds is 5. The molecule has 0 fully saturated rings. The SMILES string of the molecule is Cc1ccsc1CN(C)C(C)C(=O)Nc1ccc(Br)cc1F. The molecule has 6 heteroatoms. The van der Waals surface area contributed by atoms with Gasteiger partial charge in [0.25, 0.3) is 0 Å². The zero-order valence-corrected chi connectivity index (χ0v) is 15.1. The molecule has 2 rings (SSSR count). The van der Waals surface area contributed by atoms with E-state index >= 15 is 0 Å². The first-order chi connectivity index (χ1) is 10.4. The average Bonchev–Trinajstić information content (AvgIpc) is 2.86. The fourth-order valence-corrected chi connectivity index (χ4v) is 3.26. The summed E-state index contributed by atoms with van der Waals surface area (Å²) in [4.78, 5) is 15.5. The number of carbonyl (C=O) groups is 1. The Morgan fingerprint density at radius 1 is 1.45 bits per heavy atom. The van der Waals surface area contributed by atoms with E-state index in [1.165, 1.54) is 16.5 Å². The van der Waals surface area contributed by atoms with Crippen LogP contribution in [0.25, 0.3) is 0 Å². The standard InChI is InChI=1S/C16H18BrFN2OS/c1-10-6-7-22-15(10)9-20(3)11(2)16(21)19-14-5-4-12(17)8-13(14)18/h4-8,11H,9H2,1-3H3,(H,19,21). The van der Waals surface area contributed by atoms with Gasteiger partial charge in [-0.3, -0.25) is 9.69 Å². The van der Waals surface area contributed by atoms with Gasteiger partial charge in [-0.1, -0.05) is 15.9 Å². The second kappa shape index (κ2) is 7.35. The highest BCUT2D eigenvalue weighted by molar-refractivity contribution is 9.10. The Morgan fingerprint density at radius 3 is 2.77 bits per heavy atom. The fourth-order valence-electron chi connectivity index (χ4n) is 1.96. The predicted molar refractivity (Wildman–Crippen MR) is 92.7 cm³/mol. The van der Waals surface area contributed by atoms with Crippen LogP contribution in [0.4, 0.5) is 10.1 Å². The van der Waals surface area contributed by atoms with E-state index in [2.05, 4.69) is 34.2 Å². The first-order valence-corrected chi connectivity index (χ1v) is 8.55. The van der Waals surface area contributed by atoms with Crippen molar-refractivity contribution in [2.75, 3.05) is 12.4 Å². The van der Waals surface area contributed by atoms with Crippen LogP contribution >= 0.6 is 27.3 Å². The van der Waals surface area contributed by atoms with Crippen molar-refractivity contribution in [3.8, 4) is 0 Å². The van der Waals surface area contributed by atoms with Gasteiger partial charge in [0.05, 0.1) is 11.7 Å². The zero-order chi connectivity index (χ0) is 16.3. The predicted octanol–water partition coefficient (Wildman–Crippen LogP) is 4.42. The van der Waals surface area contributed by atoms with Gasteiger partial charge in [-0.15, -0.1) is 11.3 Å². The number of anilines is 1. The van der Waals surface area contributed by atoms with E-state index in [-0.39, 0.29) is 17.6 Å². The van der Waals surface area contributed by atoms with Crippen LogP contribution in [0, 0.1) is 12.7 Å². The van der Waals surface area contributed by atoms with Crippen LogP contribution in [-0.2, 0) is 11.3 Å². The number of thiophene rings is 1. The summed E-state index contributed by atoms with van der Waals surface area (Å²) in [5.41, 5.74) is 1.42. The molecule has 3 nitrogen and oxygen atoms in total. The summed E-state index contributed by atoms with van der Waals surface area (Å²) < 4.78 is 14.4. The summed E-state index contributed by atoms with van der Waals surface area (Å²) in [5.74, 6) is -0.676. The molecule has 1 heterocycles. The van der Waals surface area contributed by atoms with Gasteiger partial charge in [-0.25, -0.2) is 4.39 Å². The molecule has 0 bridgehead atoms. The summed E-state index contributed by atoms with van der Waals surface area (Å²) in [5, 5.41) is 4.68. The van der Waals surface area contributed by atoms with Crippen LogP contribution in [-0.4, -0.2) is 23.9 Å². The molecule has 1 atom stereocenters. The first-order valence-electron chi connectivity index (χ1n) is 6.87. The number of halogens is 2. The third-order valence-electron chi connectivity index (χ3n) is 3.59. The summed E-state index contributed by atoms with van der Waals surface area (Å²) in [7, 11) is 1.89. The number of likely N-dealkylation sites (N-methyl/N-ethyl adjacent to an activating group) is 1. The highest BCUT2D eigenvalue weighted by Crippen LogP contribution is 2.21. The van der Waals surface area contributed by atoms with Crippen LogP contribution in [0.15, 0.2) is 34.1 Å². The van der Waals surface area contributed by atoms with Gasteiger partial charge in [-0.05, 0) is 56.1 Å². The molecule has 22 heavy (non-hydrogen) atoms. The molecular formula is C16H18BrFN2OS. The Kier molecular flexibility index (Phi) is 5.72. The minimum Gasteiger partial charge on any atom is -0.322 e. The Morgan fingerprint density at radius 2 is 2.18 bits per heavy atom. The lowest BCUT2D eigenvalue weighted by Gasteiger charge is -2.23. The molecule has 1 N–H and O–H groups in total. The van der Waals surface area contributed by atoms with E-state index in [1.54, 1.807) is 23.5 Å². The fraction of sp³-hybridized carbons (Fsp3) is 0.312. The van der Waals surface area contributed by atoms with Crippen molar-refractivity contribution < 1.29 is 9.18 Å². The second-order valence-corrected chi connectivity index (χ2v) is 7.15. The Bertz CT molecular complexity index is 674. The zero-order valence-electron chi connectivity index (χ0n) is 12.7. The average molecular weight is 385 g/mol. The highest BCUT2D eigenvalue weighted by atomic mass is 79.9. The van der Waals surface area contributed by atoms with Crippen molar-refractivity contribution in [2.45, 2.75) is 26.4 Å². The Labute approximate surface area is 142 Å². The number of amides is 1. The molecule has 1 amide bonds. The van der Waals surface area contributed by atoms with E-state index in [9.17, 15) is 9.18 Å². The molecular weight excluding hydrogens is 367 g/mol. The number of nitrogens with one attached hydrogen (secondary N) is 1. The van der Waals surface area contributed by atoms with Crippen LogP contribution in [0.3, 0.4) is 0 Å². The molecule has 0 saturated carbocycles. The summed E-state index contributed by atoms with van der Waals surface area (Å²) in [6, 6.07) is 6.29. The summed E-state index contributed by atoms with van der Waals surface area (Å²) in [6.07, 6.45) is 0. The maximum absolute atomic E-state index is 13.8. The smallest absolute Gasteiger partial charge is 0.241 e. The minimum atomic E-state index is -0.452. The lowest BCUT2D eigenvalue weighted by molar-refractivity contribution is -0.120. The van der Waals surface area contributed by atoms with E-state index in [1.807, 2.05) is 24.3 Å². The van der Waals surface area contributed by atoms with E-state index in [0.29, 0.717) is 11.0 Å². The van der Waals surface area contributed by atoms with Crippen molar-refractivity contribution in [1.82, 2.24) is 4.90 Å². The molecule has 0 aliphatic heterocycles. The highest BCUT2D eigenvalue weighted by Gasteiger charge is 2.20. The Hall–Kier alpha value is -1.24. The van der Waals surface area contributed by atoms with Gasteiger partial charge in [-0.2, -0.15) is 0 Å². The molecule has 0 aliphatic carbocycles. The largest absolute Gasteiger partial charge is 0.322 e. The third kappa shape index (κ3) is 4.15. The molecule has 0 radical (unpaired) electrons. The maximum atomic E-state index is 13.8. The van der Waals surface area contributed by atoms with Crippen molar-refractivity contribution >= 4 is 38.9 Å². The van der Waals surface area contributed by atoms with Crippen molar-refractivity contribution in [3.05, 3.63) is 50.4 Å². The first kappa shape index (κ1) is 17.1. The second-order valence-electron chi connectivity index (χ2n) is 5.23. The molecule has 0 saturated heterocycles. The van der Waals surface area contributed by atoms with E-state index in [0.717, 1.165) is 0 Å². The lowest BCUT2D eigenvalue weighted by Crippen LogP contribution is -2.39. The van der Waals surface area contributed by atoms with Gasteiger partial charge in [0.1, 0.15) is 5.82 Å². The van der Waals surface area contributed by atoms with E-state index < -0.39 is 5.82 Å². The monoisotopic (exact) mass is 384 g/mol. The van der Waals surface area contributed by atoms with Gasteiger partial charge < -0.3 is 5.32 Å². The molecule has 0 aliphatic rings. The number of carbonyl (C=O) groups excluding carboxylic acids is 1. The summed E-state index contributed by atoms with van der Waals surface area (Å²) in [6.45, 7) is 4.57. The molecule has 118 valence electrons.